The zero-order valence-electron chi connectivity index (χ0n) is 25.6. The van der Waals surface area contributed by atoms with Gasteiger partial charge in [-0.2, -0.15) is 5.10 Å². The van der Waals surface area contributed by atoms with E-state index in [0.29, 0.717) is 24.4 Å². The number of likely N-dealkylation sites (tertiary alicyclic amines) is 1. The first-order valence-electron chi connectivity index (χ1n) is 15.5. The van der Waals surface area contributed by atoms with E-state index < -0.39 is 0 Å². The molecule has 230 valence electrons. The number of benzene rings is 2. The number of nitrogens with one attached hydrogen (secondary N) is 3. The Labute approximate surface area is 261 Å². The molecule has 1 saturated heterocycles. The molecule has 45 heavy (non-hydrogen) atoms. The van der Waals surface area contributed by atoms with Gasteiger partial charge in [0, 0.05) is 65.1 Å². The first-order valence-corrected chi connectivity index (χ1v) is 15.5. The molecule has 7 rings (SSSR count). The molecule has 1 aliphatic rings. The Morgan fingerprint density at radius 1 is 0.911 bits per heavy atom. The predicted octanol–water partition coefficient (Wildman–Crippen LogP) is 6.42. The van der Waals surface area contributed by atoms with Crippen molar-refractivity contribution in [1.29, 1.82) is 0 Å². The minimum Gasteiger partial charge on any atom is -0.491 e. The van der Waals surface area contributed by atoms with Gasteiger partial charge in [-0.25, -0.2) is 4.39 Å². The van der Waals surface area contributed by atoms with E-state index >= 15 is 0 Å². The summed E-state index contributed by atoms with van der Waals surface area (Å²) in [6.45, 7) is 5.45. The van der Waals surface area contributed by atoms with Gasteiger partial charge in [0.1, 0.15) is 23.9 Å². The van der Waals surface area contributed by atoms with Crippen molar-refractivity contribution in [2.24, 2.45) is 0 Å². The van der Waals surface area contributed by atoms with E-state index in [1.807, 2.05) is 50.6 Å². The molecule has 6 aromatic rings. The Balaban J connectivity index is 1.17. The number of rotatable bonds is 11. The molecule has 9 nitrogen and oxygen atoms in total. The standard InChI is InChI=1S/C35H37FN8O/c1-43(2)12-9-38-27-16-24(15-26(36)19-27)34-30-20-33(40-31(30)7-8-39-34)35-29-18-23(5-6-32(29)41-42-35)25-17-28(22-37-21-25)45-14-13-44-10-3-4-11-44/h5-8,15-22,38,40H,3-4,9-14H2,1-2H3,(H,41,42). The maximum Gasteiger partial charge on any atom is 0.138 e. The minimum absolute atomic E-state index is 0.309. The molecule has 0 amide bonds. The molecule has 10 heteroatoms. The summed E-state index contributed by atoms with van der Waals surface area (Å²) < 4.78 is 20.8. The SMILES string of the molecule is CN(C)CCNc1cc(F)cc(-c2nccc3[nH]c(-c4n[nH]c5ccc(-c6cncc(OCCN7CCCC7)c6)cc45)cc23)c1. The van der Waals surface area contributed by atoms with Gasteiger partial charge in [-0.05, 0) is 94.1 Å². The van der Waals surface area contributed by atoms with Crippen LogP contribution in [-0.4, -0.2) is 88.4 Å². The van der Waals surface area contributed by atoms with Crippen LogP contribution in [0.2, 0.25) is 0 Å². The lowest BCUT2D eigenvalue weighted by molar-refractivity contribution is 0.237. The Morgan fingerprint density at radius 2 is 1.78 bits per heavy atom. The number of aromatic nitrogens is 5. The van der Waals surface area contributed by atoms with Crippen LogP contribution in [0.1, 0.15) is 12.8 Å². The van der Waals surface area contributed by atoms with Crippen LogP contribution in [0.25, 0.3) is 55.6 Å². The Hall–Kier alpha value is -4.80. The number of halogens is 1. The summed E-state index contributed by atoms with van der Waals surface area (Å²) in [5, 5.41) is 13.0. The van der Waals surface area contributed by atoms with E-state index in [1.54, 1.807) is 12.4 Å². The van der Waals surface area contributed by atoms with E-state index in [1.165, 1.54) is 25.0 Å². The van der Waals surface area contributed by atoms with Crippen molar-refractivity contribution in [1.82, 2.24) is 34.9 Å². The van der Waals surface area contributed by atoms with E-state index in [2.05, 4.69) is 52.4 Å². The maximum atomic E-state index is 14.7. The molecule has 0 aliphatic carbocycles. The number of anilines is 1. The molecule has 3 N–H and O–H groups in total. The van der Waals surface area contributed by atoms with Gasteiger partial charge in [-0.1, -0.05) is 6.07 Å². The number of likely N-dealkylation sites (N-methyl/N-ethyl adjacent to an activating group) is 1. The number of hydrogen-bond donors (Lipinski definition) is 3. The van der Waals surface area contributed by atoms with Crippen molar-refractivity contribution in [3.05, 3.63) is 79.0 Å². The second-order valence-corrected chi connectivity index (χ2v) is 11.9. The molecule has 2 aromatic carbocycles. The fourth-order valence-electron chi connectivity index (χ4n) is 6.02. The maximum absolute atomic E-state index is 14.7. The number of nitrogens with zero attached hydrogens (tertiary/aromatic N) is 5. The van der Waals surface area contributed by atoms with Gasteiger partial charge in [0.15, 0.2) is 0 Å². The summed E-state index contributed by atoms with van der Waals surface area (Å²) in [6, 6.07) is 17.2. The van der Waals surface area contributed by atoms with Crippen molar-refractivity contribution in [2.45, 2.75) is 12.8 Å². The molecule has 0 unspecified atom stereocenters. The summed E-state index contributed by atoms with van der Waals surface area (Å²) in [7, 11) is 4.02. The Bertz CT molecular complexity index is 1940. The summed E-state index contributed by atoms with van der Waals surface area (Å²) in [6.07, 6.45) is 7.92. The van der Waals surface area contributed by atoms with E-state index in [4.69, 9.17) is 4.74 Å². The molecule has 0 spiro atoms. The van der Waals surface area contributed by atoms with Crippen LogP contribution in [0.15, 0.2) is 73.2 Å². The van der Waals surface area contributed by atoms with Crippen molar-refractivity contribution < 1.29 is 9.13 Å². The number of pyridine rings is 2. The fourth-order valence-corrected chi connectivity index (χ4v) is 6.02. The van der Waals surface area contributed by atoms with Gasteiger partial charge in [0.25, 0.3) is 0 Å². The zero-order valence-corrected chi connectivity index (χ0v) is 25.6. The fraction of sp³-hybridized carbons (Fsp3) is 0.286. The van der Waals surface area contributed by atoms with Crippen LogP contribution in [0, 0.1) is 5.82 Å². The molecule has 4 aromatic heterocycles. The lowest BCUT2D eigenvalue weighted by Gasteiger charge is -2.15. The van der Waals surface area contributed by atoms with Crippen LogP contribution < -0.4 is 10.1 Å². The second kappa shape index (κ2) is 12.7. The average Bonchev–Trinajstić information content (AvgIpc) is 3.80. The molecule has 0 atom stereocenters. The topological polar surface area (TPSA) is 98.0 Å². The van der Waals surface area contributed by atoms with Crippen molar-refractivity contribution >= 4 is 27.5 Å². The van der Waals surface area contributed by atoms with Crippen LogP contribution in [0.4, 0.5) is 10.1 Å². The number of aromatic amines is 2. The molecule has 5 heterocycles. The molecule has 0 radical (unpaired) electrons. The second-order valence-electron chi connectivity index (χ2n) is 11.9. The van der Waals surface area contributed by atoms with E-state index in [-0.39, 0.29) is 5.82 Å². The predicted molar refractivity (Wildman–Crippen MR) is 178 cm³/mol. The van der Waals surface area contributed by atoms with Crippen molar-refractivity contribution in [3.8, 4) is 39.5 Å². The molecule has 0 bridgehead atoms. The van der Waals surface area contributed by atoms with Gasteiger partial charge in [0.05, 0.1) is 23.1 Å². The monoisotopic (exact) mass is 604 g/mol. The van der Waals surface area contributed by atoms with Crippen LogP contribution in [0.5, 0.6) is 5.75 Å². The Kier molecular flexibility index (Phi) is 8.15. The summed E-state index contributed by atoms with van der Waals surface area (Å²) in [4.78, 5) is 17.2. The third kappa shape index (κ3) is 6.38. The van der Waals surface area contributed by atoms with Gasteiger partial charge >= 0.3 is 0 Å². The highest BCUT2D eigenvalue weighted by atomic mass is 19.1. The smallest absolute Gasteiger partial charge is 0.138 e. The minimum atomic E-state index is -0.309. The molecule has 1 fully saturated rings. The van der Waals surface area contributed by atoms with Gasteiger partial charge in [-0.15, -0.1) is 0 Å². The number of fused-ring (bicyclic) bond motifs is 2. The highest BCUT2D eigenvalue weighted by Crippen LogP contribution is 2.35. The molecular weight excluding hydrogens is 567 g/mol. The third-order valence-corrected chi connectivity index (χ3v) is 8.35. The van der Waals surface area contributed by atoms with Gasteiger partial charge in [0.2, 0.25) is 0 Å². The first-order chi connectivity index (χ1) is 22.0. The van der Waals surface area contributed by atoms with Gasteiger partial charge < -0.3 is 19.9 Å². The van der Waals surface area contributed by atoms with Crippen molar-refractivity contribution in [2.75, 3.05) is 58.7 Å². The summed E-state index contributed by atoms with van der Waals surface area (Å²) >= 11 is 0. The first kappa shape index (κ1) is 28.9. The normalized spacial score (nSPS) is 13.8. The van der Waals surface area contributed by atoms with Crippen LogP contribution in [-0.2, 0) is 0 Å². The third-order valence-electron chi connectivity index (χ3n) is 8.35. The van der Waals surface area contributed by atoms with Crippen LogP contribution in [0.3, 0.4) is 0 Å². The number of ether oxygens (including phenoxy) is 1. The quantitative estimate of drug-likeness (QED) is 0.157. The highest BCUT2D eigenvalue weighted by molar-refractivity contribution is 6.01. The zero-order chi connectivity index (χ0) is 30.8. The average molecular weight is 605 g/mol. The number of hydrogen-bond acceptors (Lipinski definition) is 7. The number of H-pyrrole nitrogens is 2. The molecular formula is C35H37FN8O. The molecule has 1 aliphatic heterocycles. The van der Waals surface area contributed by atoms with Crippen LogP contribution >= 0.6 is 0 Å². The van der Waals surface area contributed by atoms with Gasteiger partial charge in [-0.3, -0.25) is 20.0 Å². The van der Waals surface area contributed by atoms with E-state index in [0.717, 1.165) is 81.9 Å². The largest absolute Gasteiger partial charge is 0.491 e. The summed E-state index contributed by atoms with van der Waals surface area (Å²) in [5.41, 5.74) is 7.61. The lowest BCUT2D eigenvalue weighted by atomic mass is 10.0. The van der Waals surface area contributed by atoms with Crippen molar-refractivity contribution in [3.63, 3.8) is 0 Å². The molecule has 0 saturated carbocycles. The lowest BCUT2D eigenvalue weighted by Crippen LogP contribution is -2.25. The highest BCUT2D eigenvalue weighted by Gasteiger charge is 2.16. The summed E-state index contributed by atoms with van der Waals surface area (Å²) in [5.74, 6) is 0.457. The van der Waals surface area contributed by atoms with E-state index in [9.17, 15) is 4.39 Å². The Morgan fingerprint density at radius 3 is 2.64 bits per heavy atom.